The second kappa shape index (κ2) is 8.52. The van der Waals surface area contributed by atoms with E-state index in [1.807, 2.05) is 24.3 Å². The van der Waals surface area contributed by atoms with Crippen LogP contribution < -0.4 is 16.0 Å². The lowest BCUT2D eigenvalue weighted by molar-refractivity contribution is -0.109. The summed E-state index contributed by atoms with van der Waals surface area (Å²) in [7, 11) is 0. The van der Waals surface area contributed by atoms with Gasteiger partial charge in [0.2, 0.25) is 6.41 Å². The maximum absolute atomic E-state index is 11.4. The molecule has 0 radical (unpaired) electrons. The van der Waals surface area contributed by atoms with E-state index in [2.05, 4.69) is 31.9 Å². The maximum Gasteiger partial charge on any atom is 0.315 e. The molecule has 0 heterocycles. The number of nitrogens with one attached hydrogen (secondary N) is 3. The summed E-state index contributed by atoms with van der Waals surface area (Å²) in [4.78, 5) is 21.4. The lowest BCUT2D eigenvalue weighted by atomic mass is 10.2. The maximum atomic E-state index is 11.4. The highest BCUT2D eigenvalue weighted by atomic mass is 79.9. The molecular weight excluding hydrogens is 298 g/mol. The number of urea groups is 1. The Morgan fingerprint density at radius 2 is 1.89 bits per heavy atom. The minimum Gasteiger partial charge on any atom is -0.359 e. The quantitative estimate of drug-likeness (QED) is 0.526. The highest BCUT2D eigenvalue weighted by Gasteiger charge is 1.99. The van der Waals surface area contributed by atoms with Crippen LogP contribution >= 0.6 is 15.9 Å². The van der Waals surface area contributed by atoms with Crippen molar-refractivity contribution in [2.45, 2.75) is 13.0 Å². The third-order valence-electron chi connectivity index (χ3n) is 2.23. The minimum atomic E-state index is -0.205. The van der Waals surface area contributed by atoms with Crippen LogP contribution in [-0.4, -0.2) is 25.5 Å². The average Bonchev–Trinajstić information content (AvgIpc) is 2.38. The molecule has 0 bridgehead atoms. The second-order valence-corrected chi connectivity index (χ2v) is 4.58. The van der Waals surface area contributed by atoms with E-state index in [-0.39, 0.29) is 6.03 Å². The van der Waals surface area contributed by atoms with Gasteiger partial charge in [0.25, 0.3) is 0 Å². The van der Waals surface area contributed by atoms with Gasteiger partial charge in [-0.25, -0.2) is 4.79 Å². The Morgan fingerprint density at radius 1 is 1.17 bits per heavy atom. The number of carbonyl (C=O) groups excluding carboxylic acids is 2. The van der Waals surface area contributed by atoms with Gasteiger partial charge in [-0.05, 0) is 24.1 Å². The van der Waals surface area contributed by atoms with E-state index in [9.17, 15) is 9.59 Å². The number of rotatable bonds is 7. The van der Waals surface area contributed by atoms with E-state index in [0.717, 1.165) is 10.0 Å². The Bertz CT molecular complexity index is 381. The van der Waals surface area contributed by atoms with E-state index < -0.39 is 0 Å². The smallest absolute Gasteiger partial charge is 0.315 e. The molecule has 0 saturated heterocycles. The minimum absolute atomic E-state index is 0.205. The predicted molar refractivity (Wildman–Crippen MR) is 73.1 cm³/mol. The fourth-order valence-corrected chi connectivity index (χ4v) is 1.56. The fourth-order valence-electron chi connectivity index (χ4n) is 1.30. The molecule has 1 aromatic carbocycles. The van der Waals surface area contributed by atoms with Crippen molar-refractivity contribution in [3.63, 3.8) is 0 Å². The molecule has 18 heavy (non-hydrogen) atoms. The van der Waals surface area contributed by atoms with Crippen molar-refractivity contribution < 1.29 is 9.59 Å². The summed E-state index contributed by atoms with van der Waals surface area (Å²) in [5.74, 6) is 0. The van der Waals surface area contributed by atoms with Crippen molar-refractivity contribution in [3.8, 4) is 0 Å². The largest absolute Gasteiger partial charge is 0.359 e. The number of carbonyl (C=O) groups is 2. The Kier molecular flexibility index (Phi) is 6.86. The standard InChI is InChI=1S/C12H16BrN3O2/c13-11-4-2-10(3-5-11)8-16-12(18)15-7-1-6-14-9-17/h2-5,9H,1,6-8H2,(H,14,17)(H2,15,16,18). The highest BCUT2D eigenvalue weighted by molar-refractivity contribution is 9.10. The first-order chi connectivity index (χ1) is 8.72. The van der Waals surface area contributed by atoms with Crippen LogP contribution in [0.2, 0.25) is 0 Å². The topological polar surface area (TPSA) is 70.2 Å². The van der Waals surface area contributed by atoms with Gasteiger partial charge in [0.1, 0.15) is 0 Å². The normalized spacial score (nSPS) is 9.61. The van der Waals surface area contributed by atoms with Crippen LogP contribution in [0.5, 0.6) is 0 Å². The Hall–Kier alpha value is -1.56. The van der Waals surface area contributed by atoms with Crippen LogP contribution in [-0.2, 0) is 11.3 Å². The van der Waals surface area contributed by atoms with E-state index in [4.69, 9.17) is 0 Å². The van der Waals surface area contributed by atoms with Crippen molar-refractivity contribution in [1.82, 2.24) is 16.0 Å². The molecule has 98 valence electrons. The van der Waals surface area contributed by atoms with Gasteiger partial charge in [0.15, 0.2) is 0 Å². The van der Waals surface area contributed by atoms with Crippen molar-refractivity contribution >= 4 is 28.4 Å². The Morgan fingerprint density at radius 3 is 2.56 bits per heavy atom. The van der Waals surface area contributed by atoms with Gasteiger partial charge in [0, 0.05) is 24.1 Å². The van der Waals surface area contributed by atoms with Gasteiger partial charge in [-0.3, -0.25) is 4.79 Å². The van der Waals surface area contributed by atoms with Gasteiger partial charge < -0.3 is 16.0 Å². The van der Waals surface area contributed by atoms with Crippen molar-refractivity contribution in [3.05, 3.63) is 34.3 Å². The molecule has 1 rings (SSSR count). The van der Waals surface area contributed by atoms with Crippen LogP contribution in [0.3, 0.4) is 0 Å². The third-order valence-corrected chi connectivity index (χ3v) is 2.76. The lowest BCUT2D eigenvalue weighted by Crippen LogP contribution is -2.36. The van der Waals surface area contributed by atoms with Crippen LogP contribution in [0.4, 0.5) is 4.79 Å². The van der Waals surface area contributed by atoms with Crippen molar-refractivity contribution in [2.75, 3.05) is 13.1 Å². The number of hydrogen-bond donors (Lipinski definition) is 3. The first kappa shape index (κ1) is 14.5. The van der Waals surface area contributed by atoms with E-state index in [1.54, 1.807) is 0 Å². The molecule has 3 N–H and O–H groups in total. The summed E-state index contributed by atoms with van der Waals surface area (Å²) in [6, 6.07) is 7.54. The van der Waals surface area contributed by atoms with Gasteiger partial charge >= 0.3 is 6.03 Å². The molecule has 0 aliphatic carbocycles. The summed E-state index contributed by atoms with van der Waals surface area (Å²) < 4.78 is 1.01. The van der Waals surface area contributed by atoms with Crippen LogP contribution in [0.25, 0.3) is 0 Å². The van der Waals surface area contributed by atoms with Gasteiger partial charge in [-0.2, -0.15) is 0 Å². The number of amides is 3. The number of benzene rings is 1. The van der Waals surface area contributed by atoms with Crippen LogP contribution in [0, 0.1) is 0 Å². The van der Waals surface area contributed by atoms with Gasteiger partial charge in [0.05, 0.1) is 0 Å². The molecule has 0 aromatic heterocycles. The summed E-state index contributed by atoms with van der Waals surface area (Å²) in [6.45, 7) is 1.59. The molecular formula is C12H16BrN3O2. The van der Waals surface area contributed by atoms with Gasteiger partial charge in [-0.1, -0.05) is 28.1 Å². The average molecular weight is 314 g/mol. The second-order valence-electron chi connectivity index (χ2n) is 3.66. The van der Waals surface area contributed by atoms with E-state index in [1.165, 1.54) is 0 Å². The fraction of sp³-hybridized carbons (Fsp3) is 0.333. The first-order valence-corrected chi connectivity index (χ1v) is 6.45. The molecule has 0 fully saturated rings. The van der Waals surface area contributed by atoms with Crippen molar-refractivity contribution in [2.24, 2.45) is 0 Å². The molecule has 0 atom stereocenters. The number of halogens is 1. The summed E-state index contributed by atoms with van der Waals surface area (Å²) in [6.07, 6.45) is 1.36. The van der Waals surface area contributed by atoms with Gasteiger partial charge in [-0.15, -0.1) is 0 Å². The molecule has 0 aliphatic rings. The molecule has 0 saturated carbocycles. The first-order valence-electron chi connectivity index (χ1n) is 5.65. The Labute approximate surface area is 114 Å². The summed E-state index contributed by atoms with van der Waals surface area (Å²) >= 11 is 3.35. The molecule has 0 aliphatic heterocycles. The number of hydrogen-bond acceptors (Lipinski definition) is 2. The van der Waals surface area contributed by atoms with Crippen LogP contribution in [0.15, 0.2) is 28.7 Å². The zero-order valence-corrected chi connectivity index (χ0v) is 11.5. The van der Waals surface area contributed by atoms with Crippen LogP contribution in [0.1, 0.15) is 12.0 Å². The summed E-state index contributed by atoms with van der Waals surface area (Å²) in [5, 5.41) is 7.99. The zero-order chi connectivity index (χ0) is 13.2. The molecule has 1 aromatic rings. The zero-order valence-electron chi connectivity index (χ0n) is 9.91. The third kappa shape index (κ3) is 6.24. The van der Waals surface area contributed by atoms with E-state index in [0.29, 0.717) is 32.5 Å². The predicted octanol–water partition coefficient (Wildman–Crippen LogP) is 1.38. The molecule has 0 spiro atoms. The van der Waals surface area contributed by atoms with Crippen molar-refractivity contribution in [1.29, 1.82) is 0 Å². The van der Waals surface area contributed by atoms with E-state index >= 15 is 0 Å². The molecule has 0 unspecified atom stereocenters. The Balaban J connectivity index is 2.13. The molecule has 5 nitrogen and oxygen atoms in total. The monoisotopic (exact) mass is 313 g/mol. The summed E-state index contributed by atoms with van der Waals surface area (Å²) in [5.41, 5.74) is 1.04. The highest BCUT2D eigenvalue weighted by Crippen LogP contribution is 2.09. The molecule has 6 heteroatoms. The molecule has 3 amide bonds. The SMILES string of the molecule is O=CNCCCNC(=O)NCc1ccc(Br)cc1. The lowest BCUT2D eigenvalue weighted by Gasteiger charge is -2.07.